The van der Waals surface area contributed by atoms with Crippen molar-refractivity contribution in [3.05, 3.63) is 66.2 Å². The van der Waals surface area contributed by atoms with E-state index in [0.717, 1.165) is 10.2 Å². The molecule has 116 valence electrons. The summed E-state index contributed by atoms with van der Waals surface area (Å²) in [5, 5.41) is 7.34. The number of hydrogen-bond acceptors (Lipinski definition) is 5. The van der Waals surface area contributed by atoms with E-state index >= 15 is 0 Å². The Morgan fingerprint density at radius 1 is 1.09 bits per heavy atom. The van der Waals surface area contributed by atoms with Gasteiger partial charge in [-0.05, 0) is 17.7 Å². The second-order valence-corrected chi connectivity index (χ2v) is 5.68. The molecule has 3 aromatic rings. The van der Waals surface area contributed by atoms with Crippen molar-refractivity contribution < 1.29 is 4.79 Å². The summed E-state index contributed by atoms with van der Waals surface area (Å²) in [5.41, 5.74) is 7.61. The topological polar surface area (TPSA) is 85.8 Å². The standard InChI is InChI=1S/C16H15N5OS/c17-14-19-15(23-11-12-7-3-1-4-8-12)20-21(14)16(22)18-13-9-5-2-6-10-13/h1-10H,11H2,(H,18,22)(H2,17,19,20). The number of para-hydroxylation sites is 1. The first-order valence-corrected chi connectivity index (χ1v) is 7.96. The van der Waals surface area contributed by atoms with Crippen molar-refractivity contribution in [1.82, 2.24) is 14.8 Å². The first-order chi connectivity index (χ1) is 11.2. The zero-order chi connectivity index (χ0) is 16.1. The van der Waals surface area contributed by atoms with E-state index in [1.165, 1.54) is 11.8 Å². The first kappa shape index (κ1) is 15.1. The zero-order valence-corrected chi connectivity index (χ0v) is 13.0. The lowest BCUT2D eigenvalue weighted by molar-refractivity contribution is 0.251. The number of rotatable bonds is 4. The monoisotopic (exact) mass is 325 g/mol. The Hall–Kier alpha value is -2.80. The van der Waals surface area contributed by atoms with Gasteiger partial charge in [-0.2, -0.15) is 4.98 Å². The quantitative estimate of drug-likeness (QED) is 0.719. The van der Waals surface area contributed by atoms with Crippen LogP contribution in [-0.2, 0) is 5.75 Å². The maximum atomic E-state index is 12.2. The maximum Gasteiger partial charge on any atom is 0.349 e. The second-order valence-electron chi connectivity index (χ2n) is 4.73. The van der Waals surface area contributed by atoms with Crippen molar-refractivity contribution in [2.75, 3.05) is 11.1 Å². The second kappa shape index (κ2) is 6.97. The molecule has 3 rings (SSSR count). The van der Waals surface area contributed by atoms with Crippen molar-refractivity contribution >= 4 is 29.4 Å². The summed E-state index contributed by atoms with van der Waals surface area (Å²) >= 11 is 1.43. The molecular weight excluding hydrogens is 310 g/mol. The number of carbonyl (C=O) groups is 1. The van der Waals surface area contributed by atoms with Crippen LogP contribution in [0, 0.1) is 0 Å². The third-order valence-electron chi connectivity index (χ3n) is 3.04. The summed E-state index contributed by atoms with van der Waals surface area (Å²) < 4.78 is 1.07. The van der Waals surface area contributed by atoms with Crippen molar-refractivity contribution in [1.29, 1.82) is 0 Å². The molecule has 0 aliphatic heterocycles. The van der Waals surface area contributed by atoms with E-state index in [9.17, 15) is 4.79 Å². The molecule has 0 radical (unpaired) electrons. The number of hydrogen-bond donors (Lipinski definition) is 2. The minimum atomic E-state index is -0.437. The molecule has 23 heavy (non-hydrogen) atoms. The van der Waals surface area contributed by atoms with E-state index in [1.807, 2.05) is 48.5 Å². The van der Waals surface area contributed by atoms with Crippen LogP contribution in [0.4, 0.5) is 16.4 Å². The molecule has 7 heteroatoms. The van der Waals surface area contributed by atoms with Crippen LogP contribution in [-0.4, -0.2) is 20.8 Å². The molecule has 0 atom stereocenters. The number of aromatic nitrogens is 3. The van der Waals surface area contributed by atoms with E-state index in [0.29, 0.717) is 16.6 Å². The molecule has 3 N–H and O–H groups in total. The maximum absolute atomic E-state index is 12.2. The van der Waals surface area contributed by atoms with Gasteiger partial charge >= 0.3 is 6.03 Å². The Morgan fingerprint density at radius 2 is 1.74 bits per heavy atom. The molecule has 2 aromatic carbocycles. The van der Waals surface area contributed by atoms with E-state index in [2.05, 4.69) is 15.4 Å². The molecule has 0 fully saturated rings. The van der Waals surface area contributed by atoms with E-state index < -0.39 is 6.03 Å². The summed E-state index contributed by atoms with van der Waals surface area (Å²) in [6.07, 6.45) is 0. The molecule has 0 spiro atoms. The summed E-state index contributed by atoms with van der Waals surface area (Å²) in [6, 6.07) is 18.6. The smallest absolute Gasteiger partial charge is 0.349 e. The highest BCUT2D eigenvalue weighted by atomic mass is 32.2. The minimum absolute atomic E-state index is 0.0639. The summed E-state index contributed by atoms with van der Waals surface area (Å²) in [5.74, 6) is 0.777. The molecular formula is C16H15N5OS. The van der Waals surface area contributed by atoms with Gasteiger partial charge in [0, 0.05) is 11.4 Å². The van der Waals surface area contributed by atoms with E-state index in [4.69, 9.17) is 5.73 Å². The largest absolute Gasteiger partial charge is 0.368 e. The average molecular weight is 325 g/mol. The predicted octanol–water partition coefficient (Wildman–Crippen LogP) is 3.23. The van der Waals surface area contributed by atoms with E-state index in [1.54, 1.807) is 12.1 Å². The fraction of sp³-hybridized carbons (Fsp3) is 0.0625. The number of carbonyl (C=O) groups excluding carboxylic acids is 1. The van der Waals surface area contributed by atoms with Gasteiger partial charge in [0.15, 0.2) is 0 Å². The van der Waals surface area contributed by atoms with Crippen LogP contribution in [0.25, 0.3) is 0 Å². The van der Waals surface area contributed by atoms with Gasteiger partial charge in [0.2, 0.25) is 11.1 Å². The van der Waals surface area contributed by atoms with Gasteiger partial charge in [0.05, 0.1) is 0 Å². The number of amides is 1. The lowest BCUT2D eigenvalue weighted by Crippen LogP contribution is -2.22. The summed E-state index contributed by atoms with van der Waals surface area (Å²) in [4.78, 5) is 16.3. The Labute approximate surface area is 137 Å². The molecule has 6 nitrogen and oxygen atoms in total. The molecule has 0 unspecified atom stereocenters. The fourth-order valence-corrected chi connectivity index (χ4v) is 2.72. The summed E-state index contributed by atoms with van der Waals surface area (Å²) in [7, 11) is 0. The molecule has 1 amide bonds. The Balaban J connectivity index is 1.67. The molecule has 0 saturated heterocycles. The van der Waals surface area contributed by atoms with Crippen LogP contribution >= 0.6 is 11.8 Å². The fourth-order valence-electron chi connectivity index (χ4n) is 1.94. The van der Waals surface area contributed by atoms with Gasteiger partial charge in [-0.3, -0.25) is 0 Å². The van der Waals surface area contributed by atoms with Gasteiger partial charge in [-0.1, -0.05) is 60.3 Å². The molecule has 1 heterocycles. The van der Waals surface area contributed by atoms with Crippen LogP contribution in [0.3, 0.4) is 0 Å². The normalized spacial score (nSPS) is 10.4. The number of anilines is 2. The van der Waals surface area contributed by atoms with Gasteiger partial charge in [0.1, 0.15) is 0 Å². The Kier molecular flexibility index (Phi) is 4.58. The third-order valence-corrected chi connectivity index (χ3v) is 3.95. The minimum Gasteiger partial charge on any atom is -0.368 e. The number of nitrogens with two attached hydrogens (primary N) is 1. The highest BCUT2D eigenvalue weighted by Gasteiger charge is 2.14. The Morgan fingerprint density at radius 3 is 2.43 bits per heavy atom. The Bertz CT molecular complexity index is 789. The molecule has 0 aliphatic carbocycles. The lowest BCUT2D eigenvalue weighted by atomic mass is 10.2. The van der Waals surface area contributed by atoms with Crippen LogP contribution in [0.1, 0.15) is 5.56 Å². The van der Waals surface area contributed by atoms with Crippen LogP contribution in [0.5, 0.6) is 0 Å². The number of benzene rings is 2. The predicted molar refractivity (Wildman–Crippen MR) is 91.3 cm³/mol. The van der Waals surface area contributed by atoms with Gasteiger partial charge < -0.3 is 11.1 Å². The summed E-state index contributed by atoms with van der Waals surface area (Å²) in [6.45, 7) is 0. The van der Waals surface area contributed by atoms with Crippen molar-refractivity contribution in [3.8, 4) is 0 Å². The highest BCUT2D eigenvalue weighted by Crippen LogP contribution is 2.20. The molecule has 0 aliphatic rings. The van der Waals surface area contributed by atoms with Crippen LogP contribution in [0.15, 0.2) is 65.8 Å². The zero-order valence-electron chi connectivity index (χ0n) is 12.2. The molecule has 1 aromatic heterocycles. The highest BCUT2D eigenvalue weighted by molar-refractivity contribution is 7.98. The van der Waals surface area contributed by atoms with Crippen molar-refractivity contribution in [3.63, 3.8) is 0 Å². The number of nitrogens with one attached hydrogen (secondary N) is 1. The van der Waals surface area contributed by atoms with Crippen molar-refractivity contribution in [2.24, 2.45) is 0 Å². The SMILES string of the molecule is Nc1nc(SCc2ccccc2)nn1C(=O)Nc1ccccc1. The molecule has 0 saturated carbocycles. The number of nitrogens with zero attached hydrogens (tertiary/aromatic N) is 3. The number of thioether (sulfide) groups is 1. The third kappa shape index (κ3) is 3.89. The average Bonchev–Trinajstić information content (AvgIpc) is 2.96. The van der Waals surface area contributed by atoms with E-state index in [-0.39, 0.29) is 5.95 Å². The van der Waals surface area contributed by atoms with Crippen molar-refractivity contribution in [2.45, 2.75) is 10.9 Å². The van der Waals surface area contributed by atoms with Crippen LogP contribution < -0.4 is 11.1 Å². The molecule has 0 bridgehead atoms. The van der Waals surface area contributed by atoms with Gasteiger partial charge in [0.25, 0.3) is 0 Å². The first-order valence-electron chi connectivity index (χ1n) is 6.98. The van der Waals surface area contributed by atoms with Crippen LogP contribution in [0.2, 0.25) is 0 Å². The van der Waals surface area contributed by atoms with Gasteiger partial charge in [-0.15, -0.1) is 9.78 Å². The van der Waals surface area contributed by atoms with Gasteiger partial charge in [-0.25, -0.2) is 4.79 Å². The lowest BCUT2D eigenvalue weighted by Gasteiger charge is -2.04. The number of nitrogen functional groups attached to an aromatic ring is 1.